The molecule has 0 saturated heterocycles. The Labute approximate surface area is 337 Å². The zero-order valence-corrected chi connectivity index (χ0v) is 34.4. The van der Waals surface area contributed by atoms with Crippen LogP contribution in [0.2, 0.25) is 0 Å². The molecule has 26 heteroatoms. The Hall–Kier alpha value is 6.88. The highest BCUT2D eigenvalue weighted by molar-refractivity contribution is 6.83. The molecule has 0 bridgehead atoms. The minimum absolute atomic E-state index is 2.72. The van der Waals surface area contributed by atoms with Crippen molar-refractivity contribution in [1.82, 2.24) is 0 Å². The number of nitrogens with two attached hydrogens (primary N) is 2. The third-order valence-corrected chi connectivity index (χ3v) is 21.2. The Bertz CT molecular complexity index is 802. The zero-order valence-electron chi connectivity index (χ0n) is 16.2. The maximum absolute atomic E-state index is 6.37. The van der Waals surface area contributed by atoms with Gasteiger partial charge in [-0.2, -0.15) is 0 Å². The van der Waals surface area contributed by atoms with E-state index in [2.05, 4.69) is 0 Å². The van der Waals surface area contributed by atoms with Gasteiger partial charge in [-0.15, -0.1) is 0 Å². The first kappa shape index (κ1) is 44.9. The maximum Gasteiger partial charge on any atom is 0.202 e. The predicted molar refractivity (Wildman–Crippen MR) is 182 cm³/mol. The smallest absolute Gasteiger partial charge is 0.202 e. The van der Waals surface area contributed by atoms with Gasteiger partial charge in [0.1, 0.15) is 0 Å². The first-order valence-corrected chi connectivity index (χ1v) is 16.9. The minimum Gasteiger partial charge on any atom is -0.298 e. The van der Waals surface area contributed by atoms with E-state index in [0.29, 0.717) is 0 Å². The Morgan fingerprint density at radius 2 is 0.263 bits per heavy atom. The number of halogens is 24. The second kappa shape index (κ2) is 13.0. The third kappa shape index (κ3) is 6.71. The summed E-state index contributed by atoms with van der Waals surface area (Å²) in [6, 6.07) is 0. The van der Waals surface area contributed by atoms with Crippen molar-refractivity contribution in [1.29, 1.82) is 0 Å². The summed E-state index contributed by atoms with van der Waals surface area (Å²) < 4.78 is -37.5. The third-order valence-electron chi connectivity index (χ3n) is 4.39. The molecule has 0 radical (unpaired) electrons. The van der Waals surface area contributed by atoms with Crippen molar-refractivity contribution in [2.24, 2.45) is 11.5 Å². The Kier molecular flexibility index (Phi) is 15.3. The molecule has 0 rings (SSSR count). The average molecular weight is 1030 g/mol. The van der Waals surface area contributed by atoms with Crippen LogP contribution in [0.3, 0.4) is 0 Å². The molecule has 0 heterocycles. The van der Waals surface area contributed by atoms with Gasteiger partial charge in [0.2, 0.25) is 8.91 Å². The predicted octanol–water partition coefficient (Wildman–Crippen LogP) is 12.9. The molecule has 0 aromatic carbocycles. The Morgan fingerprint density at radius 3 is 0.342 bits per heavy atom. The van der Waals surface area contributed by atoms with Crippen molar-refractivity contribution in [2.45, 2.75) is 52.2 Å². The molecule has 4 N–H and O–H groups in total. The van der Waals surface area contributed by atoms with Crippen molar-refractivity contribution in [2.75, 3.05) is 0 Å². The molecule has 0 aliphatic carbocycles. The van der Waals surface area contributed by atoms with Crippen LogP contribution in [0.5, 0.6) is 0 Å². The number of alkyl halides is 24. The molecule has 0 spiro atoms. The van der Waals surface area contributed by atoms with Crippen LogP contribution in [0, 0.1) is 0 Å². The van der Waals surface area contributed by atoms with E-state index in [4.69, 9.17) is 290 Å². The van der Waals surface area contributed by atoms with Crippen LogP contribution < -0.4 is 11.5 Å². The quantitative estimate of drug-likeness (QED) is 0.160. The summed E-state index contributed by atoms with van der Waals surface area (Å²) >= 11 is 148. The van der Waals surface area contributed by atoms with Crippen molar-refractivity contribution in [3.63, 3.8) is 0 Å². The fraction of sp³-hybridized carbons (Fsp3) is 1.00. The van der Waals surface area contributed by atoms with Crippen molar-refractivity contribution < 1.29 is 0 Å². The summed E-state index contributed by atoms with van der Waals surface area (Å²) in [5.41, 5.74) is 11.0. The summed E-state index contributed by atoms with van der Waals surface area (Å²) in [6.07, 6.45) is 0. The fourth-order valence-electron chi connectivity index (χ4n) is 2.00. The van der Waals surface area contributed by atoms with Crippen LogP contribution in [0.4, 0.5) is 0 Å². The van der Waals surface area contributed by atoms with E-state index < -0.39 is 52.2 Å². The van der Waals surface area contributed by atoms with E-state index in [1.54, 1.807) is 0 Å². The van der Waals surface area contributed by atoms with Crippen molar-refractivity contribution >= 4 is 278 Å². The van der Waals surface area contributed by atoms with Gasteiger partial charge in [-0.25, -0.2) is 0 Å². The van der Waals surface area contributed by atoms with Gasteiger partial charge in [-0.1, -0.05) is 278 Å². The molecule has 230 valence electrons. The van der Waals surface area contributed by atoms with E-state index in [-0.39, 0.29) is 0 Å². The van der Waals surface area contributed by atoms with Gasteiger partial charge < -0.3 is 0 Å². The molecule has 0 fully saturated rings. The first-order chi connectivity index (χ1) is 15.8. The summed E-state index contributed by atoms with van der Waals surface area (Å²) in [4.78, 5) is 0. The van der Waals surface area contributed by atoms with Crippen LogP contribution in [-0.4, -0.2) is 52.2 Å². The van der Waals surface area contributed by atoms with Gasteiger partial charge in [-0.3, -0.25) is 11.5 Å². The summed E-state index contributed by atoms with van der Waals surface area (Å²) in [5, 5.41) is 0. The van der Waals surface area contributed by atoms with Crippen LogP contribution >= 0.6 is 278 Å². The van der Waals surface area contributed by atoms with Crippen LogP contribution in [0.15, 0.2) is 0 Å². The molecule has 0 atom stereocenters. The van der Waals surface area contributed by atoms with Gasteiger partial charge >= 0.3 is 0 Å². The van der Waals surface area contributed by atoms with E-state index in [1.165, 1.54) is 0 Å². The highest BCUT2D eigenvalue weighted by Gasteiger charge is 2.85. The van der Waals surface area contributed by atoms with Crippen LogP contribution in [-0.2, 0) is 0 Å². The highest BCUT2D eigenvalue weighted by atomic mass is 35.6. The molecule has 0 saturated carbocycles. The van der Waals surface area contributed by atoms with Gasteiger partial charge in [0, 0.05) is 0 Å². The topological polar surface area (TPSA) is 52.0 Å². The second-order valence-corrected chi connectivity index (χ2v) is 23.0. The van der Waals surface area contributed by atoms with E-state index in [9.17, 15) is 0 Å². The monoisotopic (exact) mass is 1020 g/mol. The average Bonchev–Trinajstić information content (AvgIpc) is 2.64. The largest absolute Gasteiger partial charge is 0.298 e. The lowest BCUT2D eigenvalue weighted by molar-refractivity contribution is 0.408. The van der Waals surface area contributed by atoms with E-state index >= 15 is 0 Å². The molecule has 0 aliphatic rings. The molecule has 0 aromatic heterocycles. The Balaban J connectivity index is 7.29. The van der Waals surface area contributed by atoms with Crippen LogP contribution in [0.1, 0.15) is 0 Å². The lowest BCUT2D eigenvalue weighted by Gasteiger charge is -2.57. The molecule has 0 amide bonds. The lowest BCUT2D eigenvalue weighted by Crippen LogP contribution is -2.75. The van der Waals surface area contributed by atoms with Crippen LogP contribution in [0.25, 0.3) is 0 Å². The summed E-state index contributed by atoms with van der Waals surface area (Å²) in [5.74, 6) is 0. The minimum atomic E-state index is -3.37. The highest BCUT2D eigenvalue weighted by Crippen LogP contribution is 2.75. The van der Waals surface area contributed by atoms with Gasteiger partial charge in [0.25, 0.3) is 0 Å². The van der Waals surface area contributed by atoms with Crippen molar-refractivity contribution in [3.8, 4) is 0 Å². The fourth-order valence-corrected chi connectivity index (χ4v) is 9.63. The summed E-state index contributed by atoms with van der Waals surface area (Å²) in [6.45, 7) is 0. The van der Waals surface area contributed by atoms with E-state index in [1.807, 2.05) is 0 Å². The van der Waals surface area contributed by atoms with Gasteiger partial charge in [0.15, 0.2) is 43.3 Å². The molecular weight excluding hydrogens is 1020 g/mol. The molecule has 38 heavy (non-hydrogen) atoms. The number of hydrogen-bond acceptors (Lipinski definition) is 2. The molecule has 0 aromatic rings. The van der Waals surface area contributed by atoms with Crippen molar-refractivity contribution in [3.05, 3.63) is 0 Å². The Morgan fingerprint density at radius 1 is 0.184 bits per heavy atom. The summed E-state index contributed by atoms with van der Waals surface area (Å²) in [7, 11) is 0. The van der Waals surface area contributed by atoms with E-state index in [0.717, 1.165) is 0 Å². The molecular formula is C12H4Cl24N2. The SMILES string of the molecule is NC(Cl)(Cl)C(Cl)(Cl)C(Cl)(Cl)C(Cl)(Cl)C(Cl)(Cl)C(Cl)(Cl)C(Cl)(Cl)C(Cl)(Cl)C(Cl)(Cl)C(Cl)(Cl)C(Cl)(Cl)C(N)(Cl)Cl. The second-order valence-electron chi connectivity index (χ2n) is 6.99. The normalized spacial score (nSPS) is 17.2. The van der Waals surface area contributed by atoms with Gasteiger partial charge in [0.05, 0.1) is 0 Å². The standard InChI is InChI=1S/C12H4Cl24N2/c13-1(14,3(17,18)5(21,22)7(25,26)9(29,30)11(33,34)37)2(15,16)4(19,20)6(23,24)8(27,28)10(31,32)12(35,36)38/h37-38H2. The lowest BCUT2D eigenvalue weighted by atomic mass is 9.99. The number of hydrogen-bond donors (Lipinski definition) is 2. The maximum atomic E-state index is 6.37. The number of rotatable bonds is 11. The molecule has 2 nitrogen and oxygen atoms in total. The molecule has 0 unspecified atom stereocenters. The zero-order chi connectivity index (χ0) is 32.0. The van der Waals surface area contributed by atoms with Gasteiger partial charge in [-0.05, 0) is 0 Å². The molecule has 0 aliphatic heterocycles. The first-order valence-electron chi connectivity index (χ1n) is 7.86.